The van der Waals surface area contributed by atoms with Gasteiger partial charge < -0.3 is 4.55 Å². The van der Waals surface area contributed by atoms with E-state index in [2.05, 4.69) is 32.3 Å². The predicted octanol–water partition coefficient (Wildman–Crippen LogP) is 0.764. The molecule has 1 unspecified atom stereocenters. The molecular formula is C9H14F3NO3S. The molecule has 1 aliphatic rings. The summed E-state index contributed by atoms with van der Waals surface area (Å²) in [6.07, 6.45) is 7.89. The summed E-state index contributed by atoms with van der Waals surface area (Å²) in [5, 5.41) is 0. The molecule has 0 aromatic carbocycles. The van der Waals surface area contributed by atoms with Crippen molar-refractivity contribution in [2.45, 2.75) is 25.8 Å². The first-order valence-corrected chi connectivity index (χ1v) is 6.23. The number of nitrogens with one attached hydrogen (secondary N) is 1. The van der Waals surface area contributed by atoms with Gasteiger partial charge in [0.25, 0.3) is 0 Å². The Labute approximate surface area is 98.2 Å². The minimum absolute atomic E-state index is 1.23. The number of alkyl halides is 3. The highest BCUT2D eigenvalue weighted by atomic mass is 32.2. The van der Waals surface area contributed by atoms with Crippen molar-refractivity contribution >= 4 is 10.1 Å². The van der Waals surface area contributed by atoms with Gasteiger partial charge in [-0.3, -0.25) is 4.90 Å². The topological polar surface area (TPSA) is 61.6 Å². The van der Waals surface area contributed by atoms with Gasteiger partial charge in [-0.1, -0.05) is 6.92 Å². The summed E-state index contributed by atoms with van der Waals surface area (Å²) >= 11 is 0. The molecule has 1 heterocycles. The van der Waals surface area contributed by atoms with Crippen molar-refractivity contribution in [1.82, 2.24) is 0 Å². The SMILES string of the molecule is CCC[NH+]1C=CC(C)=C1.O=S(=O)([O-])C(F)(F)F. The van der Waals surface area contributed by atoms with Gasteiger partial charge in [-0.05, 0) is 19.4 Å². The van der Waals surface area contributed by atoms with Crippen LogP contribution in [0.1, 0.15) is 20.3 Å². The lowest BCUT2D eigenvalue weighted by molar-refractivity contribution is -0.787. The van der Waals surface area contributed by atoms with E-state index in [9.17, 15) is 13.2 Å². The maximum absolute atomic E-state index is 10.7. The highest BCUT2D eigenvalue weighted by Gasteiger charge is 2.36. The molecule has 0 aromatic rings. The van der Waals surface area contributed by atoms with E-state index in [1.165, 1.54) is 23.4 Å². The van der Waals surface area contributed by atoms with Crippen LogP contribution in [0.3, 0.4) is 0 Å². The summed E-state index contributed by atoms with van der Waals surface area (Å²) in [5.74, 6) is 0. The monoisotopic (exact) mass is 273 g/mol. The molecule has 0 saturated carbocycles. The number of quaternary nitrogens is 1. The fourth-order valence-corrected chi connectivity index (χ4v) is 1.07. The van der Waals surface area contributed by atoms with Gasteiger partial charge in [0.2, 0.25) is 0 Å². The normalized spacial score (nSPS) is 19.6. The van der Waals surface area contributed by atoms with Crippen LogP contribution in [-0.2, 0) is 10.1 Å². The van der Waals surface area contributed by atoms with Crippen LogP contribution in [0.25, 0.3) is 0 Å². The lowest BCUT2D eigenvalue weighted by Gasteiger charge is -2.08. The van der Waals surface area contributed by atoms with Crippen LogP contribution in [-0.4, -0.2) is 25.0 Å². The Morgan fingerprint density at radius 3 is 2.12 bits per heavy atom. The Hall–Kier alpha value is -0.860. The van der Waals surface area contributed by atoms with Crippen LogP contribution in [0.4, 0.5) is 13.2 Å². The molecule has 100 valence electrons. The summed E-state index contributed by atoms with van der Waals surface area (Å²) < 4.78 is 58.9. The Morgan fingerprint density at radius 1 is 1.41 bits per heavy atom. The highest BCUT2D eigenvalue weighted by molar-refractivity contribution is 7.86. The van der Waals surface area contributed by atoms with Gasteiger partial charge in [0.15, 0.2) is 10.1 Å². The first kappa shape index (κ1) is 16.1. The van der Waals surface area contributed by atoms with Crippen LogP contribution in [0.2, 0.25) is 0 Å². The fourth-order valence-electron chi connectivity index (χ4n) is 1.07. The van der Waals surface area contributed by atoms with Gasteiger partial charge in [-0.15, -0.1) is 0 Å². The molecule has 8 heteroatoms. The first-order valence-electron chi connectivity index (χ1n) is 4.82. The third-order valence-corrected chi connectivity index (χ3v) is 2.36. The Balaban J connectivity index is 0.000000304. The van der Waals surface area contributed by atoms with Crippen molar-refractivity contribution in [1.29, 1.82) is 0 Å². The molecule has 4 nitrogen and oxygen atoms in total. The maximum atomic E-state index is 10.7. The first-order chi connectivity index (χ1) is 7.58. The zero-order valence-corrected chi connectivity index (χ0v) is 10.2. The highest BCUT2D eigenvalue weighted by Crippen LogP contribution is 2.20. The summed E-state index contributed by atoms with van der Waals surface area (Å²) in [7, 11) is -6.09. The lowest BCUT2D eigenvalue weighted by atomic mass is 10.4. The fraction of sp³-hybridized carbons (Fsp3) is 0.556. The summed E-state index contributed by atoms with van der Waals surface area (Å²) in [5.41, 5.74) is -4.26. The number of rotatable bonds is 2. The molecule has 0 bridgehead atoms. The number of halogens is 3. The van der Waals surface area contributed by atoms with Crippen molar-refractivity contribution in [2.75, 3.05) is 6.54 Å². The number of hydrogen-bond donors (Lipinski definition) is 1. The number of hydrogen-bond acceptors (Lipinski definition) is 3. The van der Waals surface area contributed by atoms with Crippen molar-refractivity contribution in [3.8, 4) is 0 Å². The third kappa shape index (κ3) is 6.44. The molecule has 1 aliphatic heterocycles. The van der Waals surface area contributed by atoms with Gasteiger partial charge in [0.1, 0.15) is 6.20 Å². The van der Waals surface area contributed by atoms with E-state index in [1.807, 2.05) is 0 Å². The van der Waals surface area contributed by atoms with Gasteiger partial charge in [0.05, 0.1) is 12.7 Å². The summed E-state index contributed by atoms with van der Waals surface area (Å²) in [6.45, 7) is 5.58. The van der Waals surface area contributed by atoms with E-state index >= 15 is 0 Å². The second kappa shape index (κ2) is 6.18. The molecule has 0 spiro atoms. The van der Waals surface area contributed by atoms with Crippen LogP contribution in [0, 0.1) is 0 Å². The van der Waals surface area contributed by atoms with E-state index in [1.54, 1.807) is 0 Å². The number of allylic oxidation sites excluding steroid dienone is 2. The van der Waals surface area contributed by atoms with Crippen LogP contribution in [0.15, 0.2) is 24.0 Å². The van der Waals surface area contributed by atoms with Gasteiger partial charge in [-0.2, -0.15) is 13.2 Å². The van der Waals surface area contributed by atoms with Crippen LogP contribution < -0.4 is 4.90 Å². The predicted molar refractivity (Wildman–Crippen MR) is 54.8 cm³/mol. The second-order valence-corrected chi connectivity index (χ2v) is 4.82. The van der Waals surface area contributed by atoms with E-state index < -0.39 is 15.6 Å². The largest absolute Gasteiger partial charge is 0.741 e. The standard InChI is InChI=1S/C8H13N.CHF3O3S/c1-3-5-9-6-4-8(2)7-9;2-1(3,4)8(5,6)7/h4,6-7H,3,5H2,1-2H3;(H,5,6,7). The van der Waals surface area contributed by atoms with Crippen LogP contribution >= 0.6 is 0 Å². The quantitative estimate of drug-likeness (QED) is 0.597. The van der Waals surface area contributed by atoms with E-state index in [0.717, 1.165) is 0 Å². The molecule has 0 aliphatic carbocycles. The smallest absolute Gasteiger partial charge is 0.485 e. The molecule has 1 atom stereocenters. The van der Waals surface area contributed by atoms with E-state index in [4.69, 9.17) is 13.0 Å². The Bertz CT molecular complexity index is 398. The van der Waals surface area contributed by atoms with Gasteiger partial charge in [0, 0.05) is 5.57 Å². The molecule has 0 radical (unpaired) electrons. The zero-order valence-electron chi connectivity index (χ0n) is 9.41. The van der Waals surface area contributed by atoms with E-state index in [0.29, 0.717) is 0 Å². The van der Waals surface area contributed by atoms with Crippen molar-refractivity contribution < 1.29 is 31.0 Å². The van der Waals surface area contributed by atoms with Crippen molar-refractivity contribution in [3.63, 3.8) is 0 Å². The van der Waals surface area contributed by atoms with E-state index in [-0.39, 0.29) is 0 Å². The maximum Gasteiger partial charge on any atom is 0.485 e. The van der Waals surface area contributed by atoms with Crippen molar-refractivity contribution in [3.05, 3.63) is 24.0 Å². The molecule has 0 fully saturated rings. The average Bonchev–Trinajstić information content (AvgIpc) is 2.49. The molecule has 0 saturated heterocycles. The molecule has 0 aromatic heterocycles. The van der Waals surface area contributed by atoms with Gasteiger partial charge in [-0.25, -0.2) is 8.42 Å². The third-order valence-electron chi connectivity index (χ3n) is 1.80. The molecule has 0 amide bonds. The molecule has 1 N–H and O–H groups in total. The Morgan fingerprint density at radius 2 is 1.88 bits per heavy atom. The van der Waals surface area contributed by atoms with Crippen LogP contribution in [0.5, 0.6) is 0 Å². The molecule has 17 heavy (non-hydrogen) atoms. The summed E-state index contributed by atoms with van der Waals surface area (Å²) in [6, 6.07) is 0. The summed E-state index contributed by atoms with van der Waals surface area (Å²) in [4.78, 5) is 1.48. The zero-order chi connectivity index (χ0) is 13.7. The van der Waals surface area contributed by atoms with Crippen molar-refractivity contribution in [2.24, 2.45) is 0 Å². The minimum Gasteiger partial charge on any atom is -0.741 e. The average molecular weight is 273 g/mol. The molecule has 1 rings (SSSR count). The second-order valence-electron chi connectivity index (χ2n) is 3.45. The molecular weight excluding hydrogens is 259 g/mol. The minimum atomic E-state index is -6.09. The van der Waals surface area contributed by atoms with Gasteiger partial charge >= 0.3 is 5.51 Å². The Kier molecular flexibility index (Phi) is 5.86. The lowest BCUT2D eigenvalue weighted by Crippen LogP contribution is -3.01.